The molecule has 1 heterocycles. The number of hydrogen-bond donors (Lipinski definition) is 3. The smallest absolute Gasteiger partial charge is 0.337 e. The summed E-state index contributed by atoms with van der Waals surface area (Å²) in [4.78, 5) is 15.0. The average molecular weight is 248 g/mol. The van der Waals surface area contributed by atoms with Gasteiger partial charge in [0.05, 0.1) is 12.1 Å². The number of carboxylic acid groups (broad SMARTS) is 1. The van der Waals surface area contributed by atoms with Crippen molar-refractivity contribution in [2.24, 2.45) is 0 Å². The maximum Gasteiger partial charge on any atom is 0.337 e. The van der Waals surface area contributed by atoms with Crippen molar-refractivity contribution in [1.29, 1.82) is 0 Å². The first-order valence-electron chi connectivity index (χ1n) is 5.22. The van der Waals surface area contributed by atoms with Gasteiger partial charge in [-0.3, -0.25) is 0 Å². The van der Waals surface area contributed by atoms with Gasteiger partial charge in [0.25, 0.3) is 0 Å². The molecule has 0 amide bonds. The summed E-state index contributed by atoms with van der Waals surface area (Å²) in [6.45, 7) is 1.96. The molecule has 7 heteroatoms. The first kappa shape index (κ1) is 11.9. The molecular weight excluding hydrogens is 236 g/mol. The number of nitrogens with one attached hydrogen (secondary N) is 1. The zero-order chi connectivity index (χ0) is 13.1. The summed E-state index contributed by atoms with van der Waals surface area (Å²) in [5.74, 6) is -0.130. The number of carboxylic acids is 1. The van der Waals surface area contributed by atoms with Crippen LogP contribution in [0.2, 0.25) is 0 Å². The van der Waals surface area contributed by atoms with Crippen LogP contribution in [-0.4, -0.2) is 21.2 Å². The van der Waals surface area contributed by atoms with Gasteiger partial charge < -0.3 is 20.7 Å². The highest BCUT2D eigenvalue weighted by atomic mass is 16.5. The first-order valence-corrected chi connectivity index (χ1v) is 5.22. The minimum atomic E-state index is -1.05. The van der Waals surface area contributed by atoms with Crippen molar-refractivity contribution < 1.29 is 14.4 Å². The molecule has 1 aromatic heterocycles. The van der Waals surface area contributed by atoms with E-state index in [1.54, 1.807) is 19.1 Å². The molecule has 0 aliphatic carbocycles. The van der Waals surface area contributed by atoms with Crippen molar-refractivity contribution in [1.82, 2.24) is 10.1 Å². The first-order chi connectivity index (χ1) is 8.56. The lowest BCUT2D eigenvalue weighted by Crippen LogP contribution is -2.07. The van der Waals surface area contributed by atoms with Crippen LogP contribution in [0.5, 0.6) is 0 Å². The number of anilines is 2. The summed E-state index contributed by atoms with van der Waals surface area (Å²) >= 11 is 0. The summed E-state index contributed by atoms with van der Waals surface area (Å²) in [6.07, 6.45) is 0. The highest BCUT2D eigenvalue weighted by molar-refractivity contribution is 5.95. The molecule has 0 bridgehead atoms. The monoisotopic (exact) mass is 248 g/mol. The molecule has 2 rings (SSSR count). The largest absolute Gasteiger partial charge is 0.478 e. The Morgan fingerprint density at radius 1 is 1.56 bits per heavy atom. The predicted octanol–water partition coefficient (Wildman–Crippen LogP) is 1.27. The van der Waals surface area contributed by atoms with Crippen LogP contribution in [0.15, 0.2) is 22.7 Å². The predicted molar refractivity (Wildman–Crippen MR) is 64.2 cm³/mol. The fourth-order valence-corrected chi connectivity index (χ4v) is 1.48. The van der Waals surface area contributed by atoms with Crippen LogP contribution in [0.25, 0.3) is 0 Å². The summed E-state index contributed by atoms with van der Waals surface area (Å²) in [5, 5.41) is 15.6. The van der Waals surface area contributed by atoms with Crippen molar-refractivity contribution >= 4 is 17.3 Å². The second kappa shape index (κ2) is 4.74. The fourth-order valence-electron chi connectivity index (χ4n) is 1.48. The summed E-state index contributed by atoms with van der Waals surface area (Å²) in [6, 6.07) is 4.61. The standard InChI is InChI=1S/C11H12N4O3/c1-6-14-10(18-15-6)5-13-9-3-2-7(12)4-8(9)11(16)17/h2-4,13H,5,12H2,1H3,(H,16,17). The third kappa shape index (κ3) is 2.57. The van der Waals surface area contributed by atoms with Gasteiger partial charge in [0.2, 0.25) is 5.89 Å². The fraction of sp³-hybridized carbons (Fsp3) is 0.182. The molecule has 94 valence electrons. The Bertz CT molecular complexity index is 579. The number of benzene rings is 1. The van der Waals surface area contributed by atoms with Crippen LogP contribution in [0.3, 0.4) is 0 Å². The molecule has 4 N–H and O–H groups in total. The van der Waals surface area contributed by atoms with Gasteiger partial charge in [0.15, 0.2) is 5.82 Å². The molecule has 7 nitrogen and oxygen atoms in total. The Morgan fingerprint density at radius 2 is 2.33 bits per heavy atom. The summed E-state index contributed by atoms with van der Waals surface area (Å²) in [5.41, 5.74) is 6.49. The molecule has 1 aromatic carbocycles. The number of nitrogens with two attached hydrogens (primary N) is 1. The highest BCUT2D eigenvalue weighted by Gasteiger charge is 2.11. The van der Waals surface area contributed by atoms with E-state index in [9.17, 15) is 4.79 Å². The second-order valence-corrected chi connectivity index (χ2v) is 3.70. The number of aryl methyl sites for hydroxylation is 1. The van der Waals surface area contributed by atoms with Crippen molar-refractivity contribution in [2.75, 3.05) is 11.1 Å². The molecule has 2 aromatic rings. The van der Waals surface area contributed by atoms with E-state index >= 15 is 0 Å². The van der Waals surface area contributed by atoms with E-state index in [1.807, 2.05) is 0 Å². The van der Waals surface area contributed by atoms with E-state index in [-0.39, 0.29) is 12.1 Å². The maximum absolute atomic E-state index is 11.0. The van der Waals surface area contributed by atoms with Crippen LogP contribution in [0, 0.1) is 6.92 Å². The minimum absolute atomic E-state index is 0.103. The number of carbonyl (C=O) groups is 1. The van der Waals surface area contributed by atoms with Crippen LogP contribution in [-0.2, 0) is 6.54 Å². The molecule has 0 aliphatic heterocycles. The van der Waals surface area contributed by atoms with Crippen molar-refractivity contribution in [2.45, 2.75) is 13.5 Å². The zero-order valence-corrected chi connectivity index (χ0v) is 9.67. The quantitative estimate of drug-likeness (QED) is 0.698. The van der Waals surface area contributed by atoms with Gasteiger partial charge in [-0.2, -0.15) is 4.98 Å². The summed E-state index contributed by atoms with van der Waals surface area (Å²) < 4.78 is 4.91. The molecular formula is C11H12N4O3. The minimum Gasteiger partial charge on any atom is -0.478 e. The normalized spacial score (nSPS) is 10.3. The SMILES string of the molecule is Cc1noc(CNc2ccc(N)cc2C(=O)O)n1. The van der Waals surface area contributed by atoms with Crippen LogP contribution in [0.4, 0.5) is 11.4 Å². The second-order valence-electron chi connectivity index (χ2n) is 3.70. The molecule has 0 unspecified atom stereocenters. The van der Waals surface area contributed by atoms with E-state index in [0.29, 0.717) is 23.1 Å². The lowest BCUT2D eigenvalue weighted by molar-refractivity contribution is 0.0698. The van der Waals surface area contributed by atoms with Crippen molar-refractivity contribution in [3.63, 3.8) is 0 Å². The molecule has 0 aliphatic rings. The highest BCUT2D eigenvalue weighted by Crippen LogP contribution is 2.19. The van der Waals surface area contributed by atoms with Gasteiger partial charge in [-0.25, -0.2) is 4.79 Å². The summed E-state index contributed by atoms with van der Waals surface area (Å²) in [7, 11) is 0. The average Bonchev–Trinajstić information content (AvgIpc) is 2.73. The number of nitrogen functional groups attached to an aromatic ring is 1. The van der Waals surface area contributed by atoms with E-state index in [2.05, 4.69) is 15.5 Å². The lowest BCUT2D eigenvalue weighted by atomic mass is 10.1. The van der Waals surface area contributed by atoms with E-state index < -0.39 is 5.97 Å². The number of aromatic carboxylic acids is 1. The van der Waals surface area contributed by atoms with E-state index in [1.165, 1.54) is 6.07 Å². The Kier molecular flexibility index (Phi) is 3.13. The lowest BCUT2D eigenvalue weighted by Gasteiger charge is -2.08. The van der Waals surface area contributed by atoms with Crippen LogP contribution in [0.1, 0.15) is 22.1 Å². The van der Waals surface area contributed by atoms with Crippen LogP contribution >= 0.6 is 0 Å². The molecule has 0 saturated heterocycles. The Labute approximate surface area is 103 Å². The molecule has 0 spiro atoms. The molecule has 0 radical (unpaired) electrons. The van der Waals surface area contributed by atoms with E-state index in [4.69, 9.17) is 15.4 Å². The Morgan fingerprint density at radius 3 is 2.94 bits per heavy atom. The van der Waals surface area contributed by atoms with Crippen molar-refractivity contribution in [3.05, 3.63) is 35.5 Å². The Hall–Kier alpha value is -2.57. The van der Waals surface area contributed by atoms with Gasteiger partial charge in [-0.15, -0.1) is 0 Å². The van der Waals surface area contributed by atoms with Gasteiger partial charge in [0.1, 0.15) is 0 Å². The number of hydrogen-bond acceptors (Lipinski definition) is 6. The third-order valence-electron chi connectivity index (χ3n) is 2.27. The van der Waals surface area contributed by atoms with Gasteiger partial charge in [0, 0.05) is 11.4 Å². The number of nitrogens with zero attached hydrogens (tertiary/aromatic N) is 2. The maximum atomic E-state index is 11.0. The van der Waals surface area contributed by atoms with Crippen LogP contribution < -0.4 is 11.1 Å². The van der Waals surface area contributed by atoms with E-state index in [0.717, 1.165) is 0 Å². The Balaban J connectivity index is 2.16. The molecule has 0 fully saturated rings. The third-order valence-corrected chi connectivity index (χ3v) is 2.27. The van der Waals surface area contributed by atoms with Gasteiger partial charge in [-0.1, -0.05) is 5.16 Å². The zero-order valence-electron chi connectivity index (χ0n) is 9.67. The van der Waals surface area contributed by atoms with Gasteiger partial charge in [-0.05, 0) is 25.1 Å². The molecule has 18 heavy (non-hydrogen) atoms. The molecule has 0 saturated carbocycles. The topological polar surface area (TPSA) is 114 Å². The number of aromatic nitrogens is 2. The van der Waals surface area contributed by atoms with Crippen molar-refractivity contribution in [3.8, 4) is 0 Å². The van der Waals surface area contributed by atoms with Gasteiger partial charge >= 0.3 is 5.97 Å². The molecule has 0 atom stereocenters. The number of rotatable bonds is 4.